The van der Waals surface area contributed by atoms with Gasteiger partial charge in [-0.25, -0.2) is 0 Å². The van der Waals surface area contributed by atoms with Crippen molar-refractivity contribution in [2.45, 2.75) is 25.2 Å². The highest BCUT2D eigenvalue weighted by molar-refractivity contribution is 7.86. The third-order valence-corrected chi connectivity index (χ3v) is 3.52. The molecular weight excluding hydrogens is 294 g/mol. The van der Waals surface area contributed by atoms with E-state index in [-0.39, 0.29) is 22.9 Å². The predicted molar refractivity (Wildman–Crippen MR) is 69.9 cm³/mol. The average Bonchev–Trinajstić information content (AvgIpc) is 2.20. The van der Waals surface area contributed by atoms with Crippen LogP contribution in [0.5, 0.6) is 0 Å². The summed E-state index contributed by atoms with van der Waals surface area (Å²) in [6.45, 7) is 2.84. The van der Waals surface area contributed by atoms with Gasteiger partial charge in [-0.1, -0.05) is 11.6 Å². The Morgan fingerprint density at radius 3 is 2.42 bits per heavy atom. The number of rotatable bonds is 4. The second-order valence-electron chi connectivity index (χ2n) is 4.00. The molecule has 0 unspecified atom stereocenters. The van der Waals surface area contributed by atoms with E-state index in [1.165, 1.54) is 13.0 Å². The Labute approximate surface area is 115 Å². The lowest BCUT2D eigenvalue weighted by Gasteiger charge is -2.11. The molecule has 19 heavy (non-hydrogen) atoms. The summed E-state index contributed by atoms with van der Waals surface area (Å²) in [6.07, 6.45) is -0.382. The van der Waals surface area contributed by atoms with E-state index in [9.17, 15) is 18.0 Å². The molecule has 0 spiro atoms. The topological polar surface area (TPSA) is 101 Å². The smallest absolute Gasteiger partial charge is 0.296 e. The van der Waals surface area contributed by atoms with Crippen molar-refractivity contribution in [2.24, 2.45) is 0 Å². The standard InChI is InChI=1S/C11H12ClNO5S/c1-6-3-9(13-11(15)4-7(2)14)10(5-8(6)12)19(16,17)18/h3,5H,4H2,1-2H3,(H,13,15)(H,16,17,18). The largest absolute Gasteiger partial charge is 0.324 e. The first-order valence-corrected chi connectivity index (χ1v) is 7.00. The van der Waals surface area contributed by atoms with E-state index in [4.69, 9.17) is 16.2 Å². The van der Waals surface area contributed by atoms with Gasteiger partial charge in [0, 0.05) is 5.02 Å². The number of halogens is 1. The van der Waals surface area contributed by atoms with Gasteiger partial charge in [0.15, 0.2) is 0 Å². The van der Waals surface area contributed by atoms with E-state index in [1.54, 1.807) is 6.92 Å². The lowest BCUT2D eigenvalue weighted by atomic mass is 10.2. The molecule has 0 fully saturated rings. The minimum atomic E-state index is -4.53. The van der Waals surface area contributed by atoms with Crippen LogP contribution in [0.1, 0.15) is 18.9 Å². The van der Waals surface area contributed by atoms with Crippen LogP contribution in [0, 0.1) is 6.92 Å². The summed E-state index contributed by atoms with van der Waals surface area (Å²) in [7, 11) is -4.53. The summed E-state index contributed by atoms with van der Waals surface area (Å²) in [4.78, 5) is 21.7. The molecule has 1 aromatic carbocycles. The normalized spacial score (nSPS) is 11.2. The van der Waals surface area contributed by atoms with Crippen LogP contribution in [0.2, 0.25) is 5.02 Å². The fraction of sp³-hybridized carbons (Fsp3) is 0.273. The highest BCUT2D eigenvalue weighted by Crippen LogP contribution is 2.28. The number of nitrogens with one attached hydrogen (secondary N) is 1. The van der Waals surface area contributed by atoms with Crippen molar-refractivity contribution in [3.63, 3.8) is 0 Å². The van der Waals surface area contributed by atoms with E-state index in [2.05, 4.69) is 5.32 Å². The number of carbonyl (C=O) groups excluding carboxylic acids is 2. The van der Waals surface area contributed by atoms with Crippen LogP contribution in [-0.4, -0.2) is 24.7 Å². The van der Waals surface area contributed by atoms with E-state index in [0.29, 0.717) is 5.56 Å². The number of amides is 1. The van der Waals surface area contributed by atoms with Crippen LogP contribution in [0.25, 0.3) is 0 Å². The fourth-order valence-corrected chi connectivity index (χ4v) is 2.28. The van der Waals surface area contributed by atoms with Crippen LogP contribution in [-0.2, 0) is 19.7 Å². The number of hydrogen-bond acceptors (Lipinski definition) is 4. The summed E-state index contributed by atoms with van der Waals surface area (Å²) >= 11 is 5.77. The average molecular weight is 306 g/mol. The van der Waals surface area contributed by atoms with Gasteiger partial charge in [0.05, 0.1) is 12.1 Å². The number of Topliss-reactive ketones (excluding diaryl/α,β-unsaturated/α-hetero) is 1. The molecule has 0 aliphatic heterocycles. The Morgan fingerprint density at radius 2 is 1.95 bits per heavy atom. The number of benzene rings is 1. The molecule has 1 rings (SSSR count). The van der Waals surface area contributed by atoms with Crippen LogP contribution < -0.4 is 5.32 Å². The second kappa shape index (κ2) is 5.68. The number of carbonyl (C=O) groups is 2. The number of anilines is 1. The zero-order valence-electron chi connectivity index (χ0n) is 10.2. The Morgan fingerprint density at radius 1 is 1.37 bits per heavy atom. The van der Waals surface area contributed by atoms with E-state index >= 15 is 0 Å². The Kier molecular flexibility index (Phi) is 4.67. The van der Waals surface area contributed by atoms with Crippen LogP contribution in [0.15, 0.2) is 17.0 Å². The summed E-state index contributed by atoms with van der Waals surface area (Å²) in [5.41, 5.74) is 0.405. The molecule has 0 radical (unpaired) electrons. The van der Waals surface area contributed by atoms with Gasteiger partial charge in [0.2, 0.25) is 5.91 Å². The molecule has 0 aliphatic rings. The van der Waals surface area contributed by atoms with Crippen molar-refractivity contribution < 1.29 is 22.6 Å². The minimum Gasteiger partial charge on any atom is -0.324 e. The first-order valence-electron chi connectivity index (χ1n) is 5.18. The van der Waals surface area contributed by atoms with Crippen LogP contribution in [0.4, 0.5) is 5.69 Å². The fourth-order valence-electron chi connectivity index (χ4n) is 1.39. The molecule has 0 bridgehead atoms. The zero-order valence-corrected chi connectivity index (χ0v) is 11.8. The first-order chi connectivity index (χ1) is 8.61. The highest BCUT2D eigenvalue weighted by Gasteiger charge is 2.19. The Bertz CT molecular complexity index is 639. The Balaban J connectivity index is 3.23. The van der Waals surface area contributed by atoms with Gasteiger partial charge in [-0.2, -0.15) is 8.42 Å². The van der Waals surface area contributed by atoms with Gasteiger partial charge < -0.3 is 5.32 Å². The molecule has 0 aliphatic carbocycles. The van der Waals surface area contributed by atoms with E-state index < -0.39 is 20.9 Å². The van der Waals surface area contributed by atoms with Crippen LogP contribution in [0.3, 0.4) is 0 Å². The van der Waals surface area contributed by atoms with Crippen molar-refractivity contribution >= 4 is 39.1 Å². The molecule has 104 valence electrons. The van der Waals surface area contributed by atoms with Crippen molar-refractivity contribution in [3.8, 4) is 0 Å². The van der Waals surface area contributed by atoms with Gasteiger partial charge in [0.25, 0.3) is 10.1 Å². The van der Waals surface area contributed by atoms with Crippen molar-refractivity contribution in [1.29, 1.82) is 0 Å². The maximum absolute atomic E-state index is 11.5. The molecule has 0 saturated carbocycles. The van der Waals surface area contributed by atoms with Crippen LogP contribution >= 0.6 is 11.6 Å². The van der Waals surface area contributed by atoms with Gasteiger partial charge >= 0.3 is 0 Å². The lowest BCUT2D eigenvalue weighted by Crippen LogP contribution is -2.17. The molecule has 0 atom stereocenters. The molecule has 0 aromatic heterocycles. The van der Waals surface area contributed by atoms with Gasteiger partial charge in [-0.3, -0.25) is 14.1 Å². The van der Waals surface area contributed by atoms with Crippen molar-refractivity contribution in [1.82, 2.24) is 0 Å². The lowest BCUT2D eigenvalue weighted by molar-refractivity contribution is -0.124. The van der Waals surface area contributed by atoms with Crippen molar-refractivity contribution in [3.05, 3.63) is 22.7 Å². The summed E-state index contributed by atoms with van der Waals surface area (Å²) in [6, 6.07) is 2.35. The molecule has 2 N–H and O–H groups in total. The number of ketones is 1. The second-order valence-corrected chi connectivity index (χ2v) is 5.80. The zero-order chi connectivity index (χ0) is 14.8. The molecule has 1 aromatic rings. The number of aryl methyl sites for hydroxylation is 1. The van der Waals surface area contributed by atoms with Gasteiger partial charge in [-0.05, 0) is 31.5 Å². The van der Waals surface area contributed by atoms with Crippen molar-refractivity contribution in [2.75, 3.05) is 5.32 Å². The molecule has 0 saturated heterocycles. The Hall–Kier alpha value is -1.44. The third-order valence-electron chi connectivity index (χ3n) is 2.22. The molecule has 6 nitrogen and oxygen atoms in total. The maximum atomic E-state index is 11.5. The SMILES string of the molecule is CC(=O)CC(=O)Nc1cc(C)c(Cl)cc1S(=O)(=O)O. The molecular formula is C11H12ClNO5S. The number of hydrogen-bond donors (Lipinski definition) is 2. The molecule has 8 heteroatoms. The first kappa shape index (κ1) is 15.6. The summed E-state index contributed by atoms with van der Waals surface area (Å²) in [5, 5.41) is 2.40. The summed E-state index contributed by atoms with van der Waals surface area (Å²) in [5.74, 6) is -1.03. The van der Waals surface area contributed by atoms with E-state index in [0.717, 1.165) is 6.07 Å². The maximum Gasteiger partial charge on any atom is 0.296 e. The van der Waals surface area contributed by atoms with Gasteiger partial charge in [-0.15, -0.1) is 0 Å². The monoisotopic (exact) mass is 305 g/mol. The van der Waals surface area contributed by atoms with Gasteiger partial charge in [0.1, 0.15) is 10.7 Å². The predicted octanol–water partition coefficient (Wildman–Crippen LogP) is 1.81. The van der Waals surface area contributed by atoms with E-state index in [1.807, 2.05) is 0 Å². The quantitative estimate of drug-likeness (QED) is 0.652. The summed E-state index contributed by atoms with van der Waals surface area (Å²) < 4.78 is 31.5. The third kappa shape index (κ3) is 4.30. The molecule has 0 heterocycles. The minimum absolute atomic E-state index is 0.115. The highest BCUT2D eigenvalue weighted by atomic mass is 35.5. The molecule has 1 amide bonds.